The third kappa shape index (κ3) is 1.74. The van der Waals surface area contributed by atoms with E-state index in [1.807, 2.05) is 26.8 Å². The molecule has 0 spiro atoms. The van der Waals surface area contributed by atoms with Crippen molar-refractivity contribution in [1.29, 1.82) is 0 Å². The molecule has 0 fully saturated rings. The lowest BCUT2D eigenvalue weighted by Crippen LogP contribution is -2.32. The van der Waals surface area contributed by atoms with Crippen LogP contribution in [0.4, 0.5) is 0 Å². The Labute approximate surface area is 93.6 Å². The van der Waals surface area contributed by atoms with Crippen LogP contribution in [0.5, 0.6) is 0 Å². The van der Waals surface area contributed by atoms with Gasteiger partial charge in [0.1, 0.15) is 0 Å². The van der Waals surface area contributed by atoms with Crippen LogP contribution in [0.2, 0.25) is 0 Å². The molecule has 2 N–H and O–H groups in total. The van der Waals surface area contributed by atoms with Gasteiger partial charge in [0, 0.05) is 0 Å². The highest BCUT2D eigenvalue weighted by atomic mass is 16.5. The molecule has 16 heavy (non-hydrogen) atoms. The van der Waals surface area contributed by atoms with Crippen molar-refractivity contribution in [1.82, 2.24) is 10.1 Å². The Morgan fingerprint density at radius 2 is 2.25 bits per heavy atom. The van der Waals surface area contributed by atoms with Crippen LogP contribution < -0.4 is 5.73 Å². The van der Waals surface area contributed by atoms with E-state index in [1.165, 1.54) is 0 Å². The zero-order valence-corrected chi connectivity index (χ0v) is 9.65. The second-order valence-corrected chi connectivity index (χ2v) is 4.13. The Hall–Kier alpha value is -1.62. The van der Waals surface area contributed by atoms with E-state index >= 15 is 0 Å². The Morgan fingerprint density at radius 3 is 2.81 bits per heavy atom. The Bertz CT molecular complexity index is 485. The summed E-state index contributed by atoms with van der Waals surface area (Å²) in [6.07, 6.45) is 2.33. The van der Waals surface area contributed by atoms with Gasteiger partial charge in [-0.25, -0.2) is 0 Å². The Morgan fingerprint density at radius 1 is 1.50 bits per heavy atom. The molecule has 0 aromatic carbocycles. The number of nitrogens with two attached hydrogens (primary N) is 1. The molecule has 0 bridgehead atoms. The van der Waals surface area contributed by atoms with Crippen molar-refractivity contribution in [3.63, 3.8) is 0 Å². The van der Waals surface area contributed by atoms with Gasteiger partial charge in [-0.1, -0.05) is 12.1 Å². The first-order valence-corrected chi connectivity index (χ1v) is 5.22. The Kier molecular flexibility index (Phi) is 2.55. The van der Waals surface area contributed by atoms with Crippen LogP contribution in [0.15, 0.2) is 21.3 Å². The maximum absolute atomic E-state index is 6.02. The first-order chi connectivity index (χ1) is 7.54. The lowest BCUT2D eigenvalue weighted by molar-refractivity contribution is 0.291. The van der Waals surface area contributed by atoms with Gasteiger partial charge in [0.05, 0.1) is 11.8 Å². The number of furan rings is 1. The average Bonchev–Trinajstić information content (AvgIpc) is 2.85. The van der Waals surface area contributed by atoms with E-state index in [1.54, 1.807) is 6.26 Å². The fourth-order valence-corrected chi connectivity index (χ4v) is 1.30. The van der Waals surface area contributed by atoms with Gasteiger partial charge in [0.2, 0.25) is 11.7 Å². The maximum atomic E-state index is 6.02. The molecule has 1 atom stereocenters. The SMILES string of the molecule is CCC(C)(N)c1nc(-c2occc2C)no1. The maximum Gasteiger partial charge on any atom is 0.246 e. The Balaban J connectivity index is 2.37. The molecule has 5 nitrogen and oxygen atoms in total. The van der Waals surface area contributed by atoms with E-state index in [9.17, 15) is 0 Å². The van der Waals surface area contributed by atoms with Gasteiger partial charge in [-0.2, -0.15) is 4.98 Å². The largest absolute Gasteiger partial charge is 0.461 e. The summed E-state index contributed by atoms with van der Waals surface area (Å²) in [6.45, 7) is 5.76. The molecule has 0 aliphatic rings. The highest BCUT2D eigenvalue weighted by Gasteiger charge is 2.27. The van der Waals surface area contributed by atoms with Crippen LogP contribution >= 0.6 is 0 Å². The third-order valence-electron chi connectivity index (χ3n) is 2.71. The van der Waals surface area contributed by atoms with Crippen LogP contribution in [0.3, 0.4) is 0 Å². The molecule has 0 aliphatic carbocycles. The van der Waals surface area contributed by atoms with E-state index in [-0.39, 0.29) is 0 Å². The zero-order chi connectivity index (χ0) is 11.8. The summed E-state index contributed by atoms with van der Waals surface area (Å²) in [5.41, 5.74) is 6.40. The monoisotopic (exact) mass is 221 g/mol. The molecule has 5 heteroatoms. The van der Waals surface area contributed by atoms with Crippen LogP contribution in [-0.2, 0) is 5.54 Å². The van der Waals surface area contributed by atoms with Gasteiger partial charge in [0.15, 0.2) is 5.76 Å². The van der Waals surface area contributed by atoms with Crippen molar-refractivity contribution in [2.45, 2.75) is 32.7 Å². The number of hydrogen-bond acceptors (Lipinski definition) is 5. The minimum atomic E-state index is -0.592. The second-order valence-electron chi connectivity index (χ2n) is 4.13. The van der Waals surface area contributed by atoms with Gasteiger partial charge in [-0.05, 0) is 31.9 Å². The molecule has 1 unspecified atom stereocenters. The summed E-state index contributed by atoms with van der Waals surface area (Å²) in [5, 5.41) is 3.87. The quantitative estimate of drug-likeness (QED) is 0.859. The summed E-state index contributed by atoms with van der Waals surface area (Å²) in [7, 11) is 0. The van der Waals surface area contributed by atoms with E-state index in [0.717, 1.165) is 12.0 Å². The van der Waals surface area contributed by atoms with Gasteiger partial charge in [0.25, 0.3) is 0 Å². The van der Waals surface area contributed by atoms with E-state index in [0.29, 0.717) is 17.5 Å². The molecule has 2 rings (SSSR count). The molecule has 0 aliphatic heterocycles. The summed E-state index contributed by atoms with van der Waals surface area (Å²) in [6, 6.07) is 1.85. The summed E-state index contributed by atoms with van der Waals surface area (Å²) in [5.74, 6) is 1.50. The van der Waals surface area contributed by atoms with E-state index in [4.69, 9.17) is 14.7 Å². The minimum absolute atomic E-state index is 0.431. The standard InChI is InChI=1S/C11H15N3O2/c1-4-11(3,12)10-13-9(14-16-10)8-7(2)5-6-15-8/h5-6H,4,12H2,1-3H3. The van der Waals surface area contributed by atoms with Gasteiger partial charge in [-0.15, -0.1) is 0 Å². The van der Waals surface area contributed by atoms with Crippen molar-refractivity contribution in [3.8, 4) is 11.6 Å². The summed E-state index contributed by atoms with van der Waals surface area (Å²) in [4.78, 5) is 4.26. The predicted molar refractivity (Wildman–Crippen MR) is 58.6 cm³/mol. The van der Waals surface area contributed by atoms with Crippen LogP contribution in [0, 0.1) is 6.92 Å². The first-order valence-electron chi connectivity index (χ1n) is 5.22. The summed E-state index contributed by atoms with van der Waals surface area (Å²) < 4.78 is 10.4. The third-order valence-corrected chi connectivity index (χ3v) is 2.71. The lowest BCUT2D eigenvalue weighted by atomic mass is 10.0. The van der Waals surface area contributed by atoms with Crippen molar-refractivity contribution >= 4 is 0 Å². The normalized spacial score (nSPS) is 15.0. The summed E-state index contributed by atoms with van der Waals surface area (Å²) >= 11 is 0. The van der Waals surface area contributed by atoms with E-state index in [2.05, 4.69) is 10.1 Å². The number of rotatable bonds is 3. The van der Waals surface area contributed by atoms with Crippen molar-refractivity contribution < 1.29 is 8.94 Å². The fraction of sp³-hybridized carbons (Fsp3) is 0.455. The molecule has 2 heterocycles. The highest BCUT2D eigenvalue weighted by molar-refractivity contribution is 5.51. The molecule has 0 amide bonds. The molecule has 86 valence electrons. The smallest absolute Gasteiger partial charge is 0.246 e. The highest BCUT2D eigenvalue weighted by Crippen LogP contribution is 2.25. The van der Waals surface area contributed by atoms with Gasteiger partial charge < -0.3 is 14.7 Å². The van der Waals surface area contributed by atoms with Crippen LogP contribution in [0.25, 0.3) is 11.6 Å². The molecular formula is C11H15N3O2. The lowest BCUT2D eigenvalue weighted by Gasteiger charge is -2.16. The van der Waals surface area contributed by atoms with Gasteiger partial charge >= 0.3 is 0 Å². The molecule has 0 saturated carbocycles. The van der Waals surface area contributed by atoms with Gasteiger partial charge in [-0.3, -0.25) is 0 Å². The molecule has 2 aromatic heterocycles. The fourth-order valence-electron chi connectivity index (χ4n) is 1.30. The van der Waals surface area contributed by atoms with E-state index < -0.39 is 5.54 Å². The first kappa shape index (κ1) is 10.9. The van der Waals surface area contributed by atoms with Crippen molar-refractivity contribution in [2.75, 3.05) is 0 Å². The zero-order valence-electron chi connectivity index (χ0n) is 9.65. The molecule has 0 saturated heterocycles. The number of hydrogen-bond donors (Lipinski definition) is 1. The molecule has 2 aromatic rings. The number of nitrogens with zero attached hydrogens (tertiary/aromatic N) is 2. The second kappa shape index (κ2) is 3.75. The molecular weight excluding hydrogens is 206 g/mol. The topological polar surface area (TPSA) is 78.1 Å². The van der Waals surface area contributed by atoms with Crippen LogP contribution in [-0.4, -0.2) is 10.1 Å². The van der Waals surface area contributed by atoms with Crippen LogP contribution in [0.1, 0.15) is 31.7 Å². The minimum Gasteiger partial charge on any atom is -0.461 e. The average molecular weight is 221 g/mol. The number of aromatic nitrogens is 2. The van der Waals surface area contributed by atoms with Crippen molar-refractivity contribution in [2.24, 2.45) is 5.73 Å². The number of aryl methyl sites for hydroxylation is 1. The molecule has 0 radical (unpaired) electrons. The predicted octanol–water partition coefficient (Wildman–Crippen LogP) is 2.22. The van der Waals surface area contributed by atoms with Crippen molar-refractivity contribution in [3.05, 3.63) is 23.8 Å².